The molecule has 0 fully saturated rings. The van der Waals surface area contributed by atoms with Crippen LogP contribution in [0.25, 0.3) is 22.0 Å². The Kier molecular flexibility index (Phi) is 5.41. The first-order chi connectivity index (χ1) is 12.7. The van der Waals surface area contributed by atoms with Crippen molar-refractivity contribution in [2.75, 3.05) is 12.4 Å². The van der Waals surface area contributed by atoms with Crippen LogP contribution in [-0.2, 0) is 6.18 Å². The summed E-state index contributed by atoms with van der Waals surface area (Å²) in [6.07, 6.45) is -4.57. The third kappa shape index (κ3) is 3.92. The van der Waals surface area contributed by atoms with E-state index in [0.29, 0.717) is 0 Å². The van der Waals surface area contributed by atoms with Gasteiger partial charge < -0.3 is 15.2 Å². The largest absolute Gasteiger partial charge is 0.507 e. The number of thioether (sulfide) groups is 1. The minimum absolute atomic E-state index is 0.0911. The number of aliphatic hydroxyl groups is 1. The number of aromatic nitrogens is 1. The number of phenols is 1. The highest BCUT2D eigenvalue weighted by Crippen LogP contribution is 2.41. The Morgan fingerprint density at radius 1 is 1.15 bits per heavy atom. The average Bonchev–Trinajstić information content (AvgIpc) is 2.60. The number of phenolic OH excluding ortho intramolecular Hbond substituents is 1. The number of benzene rings is 2. The zero-order valence-corrected chi connectivity index (χ0v) is 15.2. The fraction of sp³-hybridized carbons (Fsp3) is 0.167. The predicted molar refractivity (Wildman–Crippen MR) is 99.5 cm³/mol. The van der Waals surface area contributed by atoms with Crippen LogP contribution in [0.15, 0.2) is 46.1 Å². The number of hydrogen-bond donors (Lipinski definition) is 3. The normalized spacial score (nSPS) is 11.9. The van der Waals surface area contributed by atoms with Gasteiger partial charge in [0.05, 0.1) is 17.1 Å². The standard InChI is InChI=1S/C18H13ClF3NO3S/c19-10-2-4-14(25)12(8-10)15-11-7-9(18(20,21)22)1-3-13(11)23-17(26)16(15)27-6-5-24/h1-4,7-8,24-25H,5-6H2,(H,23,26). The van der Waals surface area contributed by atoms with E-state index in [-0.39, 0.29) is 50.1 Å². The van der Waals surface area contributed by atoms with Crippen LogP contribution in [0.1, 0.15) is 5.56 Å². The van der Waals surface area contributed by atoms with Crippen molar-refractivity contribution in [2.24, 2.45) is 0 Å². The van der Waals surface area contributed by atoms with Gasteiger partial charge in [0.15, 0.2) is 0 Å². The lowest BCUT2D eigenvalue weighted by molar-refractivity contribution is -0.137. The number of H-pyrrole nitrogens is 1. The topological polar surface area (TPSA) is 73.3 Å². The highest BCUT2D eigenvalue weighted by atomic mass is 35.5. The van der Waals surface area contributed by atoms with Crippen molar-refractivity contribution in [3.8, 4) is 16.9 Å². The molecular formula is C18H13ClF3NO3S. The number of halogens is 4. The number of aliphatic hydroxyl groups excluding tert-OH is 1. The number of fused-ring (bicyclic) bond motifs is 1. The molecule has 2 aromatic carbocycles. The zero-order chi connectivity index (χ0) is 19.8. The molecule has 0 aliphatic rings. The second-order valence-corrected chi connectivity index (χ2v) is 7.19. The second kappa shape index (κ2) is 7.46. The Bertz CT molecular complexity index is 1070. The minimum Gasteiger partial charge on any atom is -0.507 e. The molecule has 0 atom stereocenters. The average molecular weight is 416 g/mol. The highest BCUT2D eigenvalue weighted by molar-refractivity contribution is 7.99. The van der Waals surface area contributed by atoms with Crippen LogP contribution < -0.4 is 5.56 Å². The van der Waals surface area contributed by atoms with Crippen molar-refractivity contribution in [2.45, 2.75) is 11.1 Å². The molecule has 0 amide bonds. The lowest BCUT2D eigenvalue weighted by Gasteiger charge is -2.15. The predicted octanol–water partition coefficient (Wildman–Crippen LogP) is 4.66. The van der Waals surface area contributed by atoms with E-state index in [1.54, 1.807) is 0 Å². The van der Waals surface area contributed by atoms with Crippen molar-refractivity contribution in [3.63, 3.8) is 0 Å². The Labute approximate surface area is 160 Å². The van der Waals surface area contributed by atoms with Gasteiger partial charge in [-0.2, -0.15) is 13.2 Å². The molecule has 0 unspecified atom stereocenters. The molecule has 1 aromatic heterocycles. The minimum atomic E-state index is -4.57. The third-order valence-corrected chi connectivity index (χ3v) is 5.16. The molecule has 0 saturated heterocycles. The summed E-state index contributed by atoms with van der Waals surface area (Å²) in [6.45, 7) is -0.230. The van der Waals surface area contributed by atoms with E-state index >= 15 is 0 Å². The molecule has 0 aliphatic carbocycles. The maximum Gasteiger partial charge on any atom is 0.416 e. The van der Waals surface area contributed by atoms with Crippen LogP contribution in [0.5, 0.6) is 5.75 Å². The summed E-state index contributed by atoms with van der Waals surface area (Å²) in [5, 5.41) is 19.7. The quantitative estimate of drug-likeness (QED) is 0.542. The Morgan fingerprint density at radius 2 is 1.89 bits per heavy atom. The third-order valence-electron chi connectivity index (χ3n) is 3.86. The van der Waals surface area contributed by atoms with Gasteiger partial charge in [-0.3, -0.25) is 4.79 Å². The molecule has 0 bridgehead atoms. The lowest BCUT2D eigenvalue weighted by atomic mass is 9.98. The Hall–Kier alpha value is -2.16. The number of aromatic hydroxyl groups is 1. The monoisotopic (exact) mass is 415 g/mol. The van der Waals surface area contributed by atoms with Gasteiger partial charge in [0.1, 0.15) is 5.75 Å². The van der Waals surface area contributed by atoms with Crippen molar-refractivity contribution >= 4 is 34.3 Å². The van der Waals surface area contributed by atoms with Gasteiger partial charge in [0.2, 0.25) is 0 Å². The van der Waals surface area contributed by atoms with Crippen LogP contribution in [0.3, 0.4) is 0 Å². The molecule has 0 radical (unpaired) electrons. The SMILES string of the molecule is O=c1[nH]c2ccc(C(F)(F)F)cc2c(-c2cc(Cl)ccc2O)c1SCCO. The maximum atomic E-state index is 13.2. The molecule has 142 valence electrons. The van der Waals surface area contributed by atoms with E-state index in [1.165, 1.54) is 24.3 Å². The van der Waals surface area contributed by atoms with Crippen molar-refractivity contribution in [3.05, 3.63) is 57.3 Å². The fourth-order valence-corrected chi connectivity index (χ4v) is 3.73. The molecule has 9 heteroatoms. The molecular weight excluding hydrogens is 403 g/mol. The van der Waals surface area contributed by atoms with Gasteiger partial charge in [-0.05, 0) is 36.4 Å². The Balaban J connectivity index is 2.44. The molecule has 3 aromatic rings. The molecule has 0 spiro atoms. The van der Waals surface area contributed by atoms with Gasteiger partial charge in [0.25, 0.3) is 5.56 Å². The van der Waals surface area contributed by atoms with Gasteiger partial charge in [-0.1, -0.05) is 11.6 Å². The van der Waals surface area contributed by atoms with Crippen LogP contribution in [0.2, 0.25) is 5.02 Å². The smallest absolute Gasteiger partial charge is 0.416 e. The number of rotatable bonds is 4. The van der Waals surface area contributed by atoms with Gasteiger partial charge >= 0.3 is 6.18 Å². The summed E-state index contributed by atoms with van der Waals surface area (Å²) < 4.78 is 39.6. The maximum absolute atomic E-state index is 13.2. The summed E-state index contributed by atoms with van der Waals surface area (Å²) in [7, 11) is 0. The first-order valence-corrected chi connectivity index (χ1v) is 9.08. The lowest BCUT2D eigenvalue weighted by Crippen LogP contribution is -2.12. The van der Waals surface area contributed by atoms with Gasteiger partial charge in [0, 0.05) is 32.8 Å². The Morgan fingerprint density at radius 3 is 2.56 bits per heavy atom. The molecule has 0 saturated carbocycles. The van der Waals surface area contributed by atoms with Crippen molar-refractivity contribution in [1.82, 2.24) is 4.98 Å². The number of hydrogen-bond acceptors (Lipinski definition) is 4. The van der Waals surface area contributed by atoms with Gasteiger partial charge in [-0.15, -0.1) is 11.8 Å². The van der Waals surface area contributed by atoms with Crippen LogP contribution in [0.4, 0.5) is 13.2 Å². The molecule has 4 nitrogen and oxygen atoms in total. The number of aromatic amines is 1. The molecule has 1 heterocycles. The van der Waals surface area contributed by atoms with E-state index in [9.17, 15) is 23.1 Å². The summed E-state index contributed by atoms with van der Waals surface area (Å²) in [5.41, 5.74) is -0.953. The van der Waals surface area contributed by atoms with E-state index in [1.807, 2.05) is 0 Å². The van der Waals surface area contributed by atoms with E-state index < -0.39 is 17.3 Å². The van der Waals surface area contributed by atoms with Gasteiger partial charge in [-0.25, -0.2) is 0 Å². The molecule has 3 rings (SSSR count). The summed E-state index contributed by atoms with van der Waals surface area (Å²) >= 11 is 6.98. The molecule has 0 aliphatic heterocycles. The van der Waals surface area contributed by atoms with E-state index in [2.05, 4.69) is 4.98 Å². The van der Waals surface area contributed by atoms with E-state index in [0.717, 1.165) is 23.9 Å². The molecule has 27 heavy (non-hydrogen) atoms. The van der Waals surface area contributed by atoms with Crippen LogP contribution in [-0.4, -0.2) is 27.6 Å². The van der Waals surface area contributed by atoms with E-state index in [4.69, 9.17) is 16.7 Å². The second-order valence-electron chi connectivity index (χ2n) is 5.65. The zero-order valence-electron chi connectivity index (χ0n) is 13.6. The first kappa shape index (κ1) is 19.6. The number of pyridine rings is 1. The van der Waals surface area contributed by atoms with Crippen molar-refractivity contribution in [1.29, 1.82) is 0 Å². The van der Waals surface area contributed by atoms with Crippen molar-refractivity contribution < 1.29 is 23.4 Å². The summed E-state index contributed by atoms with van der Waals surface area (Å²) in [5.74, 6) is -0.0726. The highest BCUT2D eigenvalue weighted by Gasteiger charge is 2.31. The first-order valence-electron chi connectivity index (χ1n) is 7.72. The fourth-order valence-electron chi connectivity index (χ4n) is 2.71. The summed E-state index contributed by atoms with van der Waals surface area (Å²) in [4.78, 5) is 15.2. The van der Waals surface area contributed by atoms with Crippen LogP contribution >= 0.6 is 23.4 Å². The number of alkyl halides is 3. The number of nitrogens with one attached hydrogen (secondary N) is 1. The molecule has 3 N–H and O–H groups in total. The summed E-state index contributed by atoms with van der Waals surface area (Å²) in [6, 6.07) is 7.08. The van der Waals surface area contributed by atoms with Crippen LogP contribution in [0, 0.1) is 0 Å².